The van der Waals surface area contributed by atoms with Crippen molar-refractivity contribution in [3.8, 4) is 0 Å². The van der Waals surface area contributed by atoms with Crippen LogP contribution in [0.2, 0.25) is 0 Å². The molecule has 0 atom stereocenters. The molecule has 1 N–H and O–H groups in total. The Morgan fingerprint density at radius 2 is 2.00 bits per heavy atom. The lowest BCUT2D eigenvalue weighted by atomic mass is 9.83. The second kappa shape index (κ2) is 7.74. The third kappa shape index (κ3) is 4.96. The summed E-state index contributed by atoms with van der Waals surface area (Å²) >= 11 is 0. The Morgan fingerprint density at radius 1 is 1.29 bits per heavy atom. The fourth-order valence-electron chi connectivity index (χ4n) is 3.08. The van der Waals surface area contributed by atoms with Gasteiger partial charge in [0.15, 0.2) is 0 Å². The van der Waals surface area contributed by atoms with E-state index in [1.54, 1.807) is 6.07 Å². The predicted molar refractivity (Wildman–Crippen MR) is 88.8 cm³/mol. The van der Waals surface area contributed by atoms with Crippen LogP contribution in [0.1, 0.15) is 57.1 Å². The number of halogens is 1. The zero-order valence-electron chi connectivity index (χ0n) is 13.6. The fourth-order valence-corrected chi connectivity index (χ4v) is 3.08. The first kappa shape index (κ1) is 16.2. The summed E-state index contributed by atoms with van der Waals surface area (Å²) in [7, 11) is 0. The van der Waals surface area contributed by atoms with E-state index in [9.17, 15) is 4.39 Å². The van der Waals surface area contributed by atoms with Crippen LogP contribution in [0.4, 0.5) is 4.39 Å². The lowest BCUT2D eigenvalue weighted by Crippen LogP contribution is -2.27. The van der Waals surface area contributed by atoms with Gasteiger partial charge in [-0.05, 0) is 48.9 Å². The SMILES string of the molecule is Cc1cc(/C=C(/CNC(C)C)C2CCCCC2)ccc1F. The number of hydrogen-bond acceptors (Lipinski definition) is 1. The largest absolute Gasteiger partial charge is 0.311 e. The van der Waals surface area contributed by atoms with Crippen molar-refractivity contribution in [2.24, 2.45) is 5.92 Å². The summed E-state index contributed by atoms with van der Waals surface area (Å²) in [6.45, 7) is 7.14. The van der Waals surface area contributed by atoms with Crippen molar-refractivity contribution in [1.29, 1.82) is 0 Å². The van der Waals surface area contributed by atoms with E-state index in [1.165, 1.54) is 37.7 Å². The highest BCUT2D eigenvalue weighted by Crippen LogP contribution is 2.30. The molecule has 1 aliphatic rings. The standard InChI is InChI=1S/C19H28FN/c1-14(2)21-13-18(17-7-5-4-6-8-17)12-16-9-10-19(20)15(3)11-16/h9-12,14,17,21H,4-8,13H2,1-3H3/b18-12-. The van der Waals surface area contributed by atoms with Crippen molar-refractivity contribution < 1.29 is 4.39 Å². The molecule has 1 saturated carbocycles. The van der Waals surface area contributed by atoms with Crippen molar-refractivity contribution in [3.05, 3.63) is 40.7 Å². The van der Waals surface area contributed by atoms with Gasteiger partial charge in [0.1, 0.15) is 5.82 Å². The van der Waals surface area contributed by atoms with E-state index in [0.29, 0.717) is 12.0 Å². The number of benzene rings is 1. The van der Waals surface area contributed by atoms with Crippen molar-refractivity contribution in [3.63, 3.8) is 0 Å². The maximum Gasteiger partial charge on any atom is 0.126 e. The van der Waals surface area contributed by atoms with Crippen LogP contribution >= 0.6 is 0 Å². The van der Waals surface area contributed by atoms with E-state index in [1.807, 2.05) is 19.1 Å². The molecule has 0 spiro atoms. The molecule has 0 heterocycles. The van der Waals surface area contributed by atoms with Gasteiger partial charge >= 0.3 is 0 Å². The van der Waals surface area contributed by atoms with Crippen molar-refractivity contribution in [2.45, 2.75) is 58.9 Å². The van der Waals surface area contributed by atoms with Gasteiger partial charge in [-0.2, -0.15) is 0 Å². The van der Waals surface area contributed by atoms with Crippen LogP contribution < -0.4 is 5.32 Å². The molecule has 1 aliphatic carbocycles. The molecule has 1 nitrogen and oxygen atoms in total. The van der Waals surface area contributed by atoms with E-state index < -0.39 is 0 Å². The van der Waals surface area contributed by atoms with Crippen LogP contribution in [0, 0.1) is 18.7 Å². The predicted octanol–water partition coefficient (Wildman–Crippen LogP) is 5.10. The van der Waals surface area contributed by atoms with Crippen molar-refractivity contribution in [2.75, 3.05) is 6.54 Å². The van der Waals surface area contributed by atoms with Crippen molar-refractivity contribution in [1.82, 2.24) is 5.32 Å². The van der Waals surface area contributed by atoms with Gasteiger partial charge in [0.25, 0.3) is 0 Å². The molecule has 0 aliphatic heterocycles. The Balaban J connectivity index is 2.19. The van der Waals surface area contributed by atoms with Gasteiger partial charge in [-0.1, -0.05) is 50.8 Å². The van der Waals surface area contributed by atoms with Gasteiger partial charge < -0.3 is 5.32 Å². The number of aryl methyl sites for hydroxylation is 1. The second-order valence-corrected chi connectivity index (χ2v) is 6.60. The Hall–Kier alpha value is -1.15. The van der Waals surface area contributed by atoms with Gasteiger partial charge in [0, 0.05) is 12.6 Å². The highest BCUT2D eigenvalue weighted by molar-refractivity contribution is 5.55. The Labute approximate surface area is 128 Å². The maximum atomic E-state index is 13.4. The molecule has 1 fully saturated rings. The number of nitrogens with one attached hydrogen (secondary N) is 1. The zero-order chi connectivity index (χ0) is 15.2. The summed E-state index contributed by atoms with van der Waals surface area (Å²) in [5.41, 5.74) is 3.33. The summed E-state index contributed by atoms with van der Waals surface area (Å²) in [6.07, 6.45) is 8.92. The molecule has 116 valence electrons. The number of rotatable bonds is 5. The lowest BCUT2D eigenvalue weighted by Gasteiger charge is -2.26. The van der Waals surface area contributed by atoms with Crippen molar-refractivity contribution >= 4 is 6.08 Å². The van der Waals surface area contributed by atoms with Gasteiger partial charge in [0.05, 0.1) is 0 Å². The molecule has 0 bridgehead atoms. The van der Waals surface area contributed by atoms with Crippen LogP contribution in [0.15, 0.2) is 23.8 Å². The zero-order valence-corrected chi connectivity index (χ0v) is 13.6. The van der Waals surface area contributed by atoms with E-state index in [0.717, 1.165) is 17.7 Å². The molecule has 0 radical (unpaired) electrons. The lowest BCUT2D eigenvalue weighted by molar-refractivity contribution is 0.394. The van der Waals surface area contributed by atoms with Gasteiger partial charge in [-0.25, -0.2) is 4.39 Å². The minimum absolute atomic E-state index is 0.119. The molecule has 21 heavy (non-hydrogen) atoms. The van der Waals surface area contributed by atoms with Gasteiger partial charge in [-0.3, -0.25) is 0 Å². The average molecular weight is 289 g/mol. The Morgan fingerprint density at radius 3 is 2.62 bits per heavy atom. The van der Waals surface area contributed by atoms with E-state index in [4.69, 9.17) is 0 Å². The second-order valence-electron chi connectivity index (χ2n) is 6.60. The van der Waals surface area contributed by atoms with Crippen LogP contribution in [-0.2, 0) is 0 Å². The Kier molecular flexibility index (Phi) is 5.98. The first-order valence-corrected chi connectivity index (χ1v) is 8.26. The van der Waals surface area contributed by atoms with Crippen LogP contribution in [0.3, 0.4) is 0 Å². The number of hydrogen-bond donors (Lipinski definition) is 1. The minimum Gasteiger partial charge on any atom is -0.311 e. The third-order valence-corrected chi connectivity index (χ3v) is 4.38. The molecule has 1 aromatic carbocycles. The molecular weight excluding hydrogens is 261 g/mol. The summed E-state index contributed by atoms with van der Waals surface area (Å²) in [4.78, 5) is 0. The Bertz CT molecular complexity index is 484. The summed E-state index contributed by atoms with van der Waals surface area (Å²) in [5, 5.41) is 3.55. The smallest absolute Gasteiger partial charge is 0.126 e. The molecule has 0 unspecified atom stereocenters. The van der Waals surface area contributed by atoms with E-state index >= 15 is 0 Å². The highest BCUT2D eigenvalue weighted by atomic mass is 19.1. The summed E-state index contributed by atoms with van der Waals surface area (Å²) in [6, 6.07) is 5.91. The molecule has 0 amide bonds. The van der Waals surface area contributed by atoms with Crippen LogP contribution in [0.5, 0.6) is 0 Å². The molecule has 2 rings (SSSR count). The molecule has 2 heteroatoms. The fraction of sp³-hybridized carbons (Fsp3) is 0.579. The molecular formula is C19H28FN. The summed E-state index contributed by atoms with van der Waals surface area (Å²) < 4.78 is 13.4. The van der Waals surface area contributed by atoms with E-state index in [-0.39, 0.29) is 5.82 Å². The molecule has 0 saturated heterocycles. The topological polar surface area (TPSA) is 12.0 Å². The molecule has 1 aromatic rings. The highest BCUT2D eigenvalue weighted by Gasteiger charge is 2.18. The molecule has 0 aromatic heterocycles. The monoisotopic (exact) mass is 289 g/mol. The minimum atomic E-state index is -0.119. The third-order valence-electron chi connectivity index (χ3n) is 4.38. The summed E-state index contributed by atoms with van der Waals surface area (Å²) in [5.74, 6) is 0.571. The van der Waals surface area contributed by atoms with Crippen LogP contribution in [0.25, 0.3) is 6.08 Å². The van der Waals surface area contributed by atoms with Crippen LogP contribution in [-0.4, -0.2) is 12.6 Å². The van der Waals surface area contributed by atoms with Gasteiger partial charge in [0.2, 0.25) is 0 Å². The quantitative estimate of drug-likeness (QED) is 0.795. The first-order valence-electron chi connectivity index (χ1n) is 8.26. The average Bonchev–Trinajstić information content (AvgIpc) is 2.48. The van der Waals surface area contributed by atoms with E-state index in [2.05, 4.69) is 25.2 Å². The first-order chi connectivity index (χ1) is 10.1. The maximum absolute atomic E-state index is 13.4. The normalized spacial score (nSPS) is 17.5. The van der Waals surface area contributed by atoms with Gasteiger partial charge in [-0.15, -0.1) is 0 Å².